The molecule has 0 aliphatic heterocycles. The molecule has 0 saturated carbocycles. The second-order valence-corrected chi connectivity index (χ2v) is 4.91. The number of hydrogen-bond acceptors (Lipinski definition) is 2. The smallest absolute Gasteiger partial charge is 0.124 e. The van der Waals surface area contributed by atoms with Gasteiger partial charge in [-0.1, -0.05) is 46.3 Å². The van der Waals surface area contributed by atoms with Gasteiger partial charge in [-0.05, 0) is 23.8 Å². The van der Waals surface area contributed by atoms with Gasteiger partial charge >= 0.3 is 0 Å². The highest BCUT2D eigenvalue weighted by Crippen LogP contribution is 2.23. The van der Waals surface area contributed by atoms with Crippen LogP contribution in [0.15, 0.2) is 53.0 Å². The van der Waals surface area contributed by atoms with Crippen molar-refractivity contribution in [2.45, 2.75) is 13.0 Å². The van der Waals surface area contributed by atoms with Crippen molar-refractivity contribution in [3.05, 3.63) is 64.1 Å². The summed E-state index contributed by atoms with van der Waals surface area (Å²) in [6.45, 7) is 0.596. The van der Waals surface area contributed by atoms with Crippen molar-refractivity contribution in [2.24, 2.45) is 0 Å². The molecular formula is C15H15BrO2. The Labute approximate surface area is 115 Å². The van der Waals surface area contributed by atoms with Crippen LogP contribution in [0.5, 0.6) is 5.75 Å². The maximum Gasteiger partial charge on any atom is 0.124 e. The third-order valence-electron chi connectivity index (χ3n) is 2.68. The second-order valence-electron chi connectivity index (χ2n) is 3.99. The summed E-state index contributed by atoms with van der Waals surface area (Å²) in [5.41, 5.74) is 2.05. The van der Waals surface area contributed by atoms with Crippen LogP contribution in [0.2, 0.25) is 0 Å². The van der Waals surface area contributed by atoms with Crippen molar-refractivity contribution in [3.8, 4) is 5.75 Å². The van der Waals surface area contributed by atoms with Crippen molar-refractivity contribution < 1.29 is 9.84 Å². The average molecular weight is 307 g/mol. The largest absolute Gasteiger partial charge is 0.493 e. The van der Waals surface area contributed by atoms with E-state index in [2.05, 4.69) is 28.1 Å². The molecule has 2 aromatic carbocycles. The summed E-state index contributed by atoms with van der Waals surface area (Å²) in [7, 11) is 0. The van der Waals surface area contributed by atoms with E-state index in [4.69, 9.17) is 4.74 Å². The van der Waals surface area contributed by atoms with Gasteiger partial charge in [0.2, 0.25) is 0 Å². The number of hydrogen-bond donors (Lipinski definition) is 1. The van der Waals surface area contributed by atoms with E-state index < -0.39 is 0 Å². The number of aliphatic hydroxyl groups is 1. The summed E-state index contributed by atoms with van der Waals surface area (Å²) in [5.74, 6) is 0.747. The van der Waals surface area contributed by atoms with Crippen molar-refractivity contribution >= 4 is 15.9 Å². The molecular weight excluding hydrogens is 292 g/mol. The number of aliphatic hydroxyl groups excluding tert-OH is 1. The Hall–Kier alpha value is -1.32. The zero-order chi connectivity index (χ0) is 12.8. The van der Waals surface area contributed by atoms with E-state index in [9.17, 15) is 5.11 Å². The molecule has 2 rings (SSSR count). The fourth-order valence-corrected chi connectivity index (χ4v) is 2.14. The molecule has 0 heterocycles. The van der Waals surface area contributed by atoms with Gasteiger partial charge in [0.1, 0.15) is 5.75 Å². The van der Waals surface area contributed by atoms with Crippen LogP contribution in [-0.2, 0) is 13.0 Å². The minimum atomic E-state index is -0.0138. The molecule has 0 atom stereocenters. The lowest BCUT2D eigenvalue weighted by atomic mass is 10.2. The van der Waals surface area contributed by atoms with E-state index in [0.29, 0.717) is 6.61 Å². The Morgan fingerprint density at radius 1 is 1.06 bits per heavy atom. The molecule has 94 valence electrons. The van der Waals surface area contributed by atoms with E-state index in [1.165, 1.54) is 5.56 Å². The third kappa shape index (κ3) is 3.59. The molecule has 0 unspecified atom stereocenters. The van der Waals surface area contributed by atoms with Crippen LogP contribution in [-0.4, -0.2) is 11.7 Å². The predicted octanol–water partition coefficient (Wildman–Crippen LogP) is 3.56. The molecule has 0 aliphatic carbocycles. The number of halogens is 1. The molecule has 1 N–H and O–H groups in total. The highest BCUT2D eigenvalue weighted by atomic mass is 79.9. The van der Waals surface area contributed by atoms with Gasteiger partial charge in [0.05, 0.1) is 13.2 Å². The molecule has 3 heteroatoms. The fraction of sp³-hybridized carbons (Fsp3) is 0.200. The van der Waals surface area contributed by atoms with E-state index >= 15 is 0 Å². The Morgan fingerprint density at radius 3 is 2.56 bits per heavy atom. The monoisotopic (exact) mass is 306 g/mol. The summed E-state index contributed by atoms with van der Waals surface area (Å²) in [4.78, 5) is 0. The zero-order valence-electron chi connectivity index (χ0n) is 9.97. The average Bonchev–Trinajstić information content (AvgIpc) is 2.41. The van der Waals surface area contributed by atoms with Gasteiger partial charge in [-0.25, -0.2) is 0 Å². The van der Waals surface area contributed by atoms with Crippen LogP contribution in [0, 0.1) is 0 Å². The lowest BCUT2D eigenvalue weighted by Gasteiger charge is -2.10. The van der Waals surface area contributed by atoms with Crippen LogP contribution >= 0.6 is 15.9 Å². The fourth-order valence-electron chi connectivity index (χ4n) is 1.74. The van der Waals surface area contributed by atoms with Crippen LogP contribution in [0.25, 0.3) is 0 Å². The molecule has 0 aromatic heterocycles. The predicted molar refractivity (Wildman–Crippen MR) is 75.7 cm³/mol. The Bertz CT molecular complexity index is 497. The first-order valence-corrected chi connectivity index (χ1v) is 6.65. The van der Waals surface area contributed by atoms with Crippen molar-refractivity contribution in [1.29, 1.82) is 0 Å². The highest BCUT2D eigenvalue weighted by molar-refractivity contribution is 9.10. The van der Waals surface area contributed by atoms with Crippen molar-refractivity contribution in [2.75, 3.05) is 6.61 Å². The van der Waals surface area contributed by atoms with Gasteiger partial charge in [-0.15, -0.1) is 0 Å². The first-order valence-electron chi connectivity index (χ1n) is 5.85. The molecule has 0 amide bonds. The van der Waals surface area contributed by atoms with Crippen LogP contribution in [0.4, 0.5) is 0 Å². The summed E-state index contributed by atoms with van der Waals surface area (Å²) in [6, 6.07) is 15.9. The molecule has 0 fully saturated rings. The standard InChI is InChI=1S/C15H15BrO2/c16-14-6-7-15(13(10-14)11-17)18-9-8-12-4-2-1-3-5-12/h1-7,10,17H,8-9,11H2. The Morgan fingerprint density at radius 2 is 1.83 bits per heavy atom. The van der Waals surface area contributed by atoms with Crippen LogP contribution in [0.3, 0.4) is 0 Å². The van der Waals surface area contributed by atoms with Crippen molar-refractivity contribution in [3.63, 3.8) is 0 Å². The molecule has 0 radical (unpaired) electrons. The van der Waals surface area contributed by atoms with Gasteiger partial charge in [-0.2, -0.15) is 0 Å². The minimum Gasteiger partial charge on any atom is -0.493 e. The summed E-state index contributed by atoms with van der Waals surface area (Å²) < 4.78 is 6.65. The first kappa shape index (κ1) is 13.1. The SMILES string of the molecule is OCc1cc(Br)ccc1OCCc1ccccc1. The maximum absolute atomic E-state index is 9.26. The quantitative estimate of drug-likeness (QED) is 0.915. The minimum absolute atomic E-state index is 0.0138. The molecule has 0 bridgehead atoms. The first-order chi connectivity index (χ1) is 8.79. The Balaban J connectivity index is 1.94. The normalized spacial score (nSPS) is 10.3. The van der Waals surface area contributed by atoms with Crippen molar-refractivity contribution in [1.82, 2.24) is 0 Å². The van der Waals surface area contributed by atoms with Gasteiger partial charge in [0, 0.05) is 16.5 Å². The zero-order valence-corrected chi connectivity index (χ0v) is 11.6. The topological polar surface area (TPSA) is 29.5 Å². The lowest BCUT2D eigenvalue weighted by molar-refractivity contribution is 0.263. The molecule has 0 aliphatic rings. The summed E-state index contributed by atoms with van der Waals surface area (Å²) in [5, 5.41) is 9.26. The van der Waals surface area contributed by atoms with Crippen LogP contribution < -0.4 is 4.74 Å². The molecule has 2 aromatic rings. The lowest BCUT2D eigenvalue weighted by Crippen LogP contribution is -2.03. The summed E-state index contributed by atoms with van der Waals surface area (Å²) in [6.07, 6.45) is 0.863. The molecule has 18 heavy (non-hydrogen) atoms. The van der Waals surface area contributed by atoms with Gasteiger partial charge < -0.3 is 9.84 Å². The van der Waals surface area contributed by atoms with E-state index in [1.54, 1.807) is 0 Å². The van der Waals surface area contributed by atoms with Gasteiger partial charge in [0.25, 0.3) is 0 Å². The Kier molecular flexibility index (Phi) is 4.79. The molecule has 0 spiro atoms. The maximum atomic E-state index is 9.26. The second kappa shape index (κ2) is 6.57. The summed E-state index contributed by atoms with van der Waals surface area (Å²) >= 11 is 3.38. The van der Waals surface area contributed by atoms with Gasteiger partial charge in [-0.3, -0.25) is 0 Å². The van der Waals surface area contributed by atoms with E-state index in [1.807, 2.05) is 36.4 Å². The van der Waals surface area contributed by atoms with E-state index in [-0.39, 0.29) is 6.61 Å². The number of benzene rings is 2. The number of ether oxygens (including phenoxy) is 1. The molecule has 0 saturated heterocycles. The van der Waals surface area contributed by atoms with Gasteiger partial charge in [0.15, 0.2) is 0 Å². The molecule has 2 nitrogen and oxygen atoms in total. The number of rotatable bonds is 5. The third-order valence-corrected chi connectivity index (χ3v) is 3.18. The van der Waals surface area contributed by atoms with E-state index in [0.717, 1.165) is 22.2 Å². The van der Waals surface area contributed by atoms with Crippen LogP contribution in [0.1, 0.15) is 11.1 Å². The highest BCUT2D eigenvalue weighted by Gasteiger charge is 2.03.